The first-order chi connectivity index (χ1) is 8.48. The molecule has 1 saturated carbocycles. The summed E-state index contributed by atoms with van der Waals surface area (Å²) in [5, 5.41) is 5.92. The van der Waals surface area contributed by atoms with Crippen LogP contribution in [0.1, 0.15) is 20.3 Å². The largest absolute Gasteiger partial charge is 0.381 e. The molecule has 0 radical (unpaired) electrons. The number of rotatable bonds is 4. The minimum atomic E-state index is -0.439. The van der Waals surface area contributed by atoms with Gasteiger partial charge in [-0.1, -0.05) is 13.8 Å². The van der Waals surface area contributed by atoms with Gasteiger partial charge in [-0.2, -0.15) is 4.98 Å². The second kappa shape index (κ2) is 4.68. The molecule has 1 aliphatic carbocycles. The Hall–Kier alpha value is -1.43. The summed E-state index contributed by atoms with van der Waals surface area (Å²) in [6, 6.07) is 0.150. The third-order valence-electron chi connectivity index (χ3n) is 3.74. The number of halogens is 1. The number of ether oxygens (including phenoxy) is 1. The van der Waals surface area contributed by atoms with Crippen molar-refractivity contribution in [1.82, 2.24) is 9.97 Å². The Kier molecular flexibility index (Phi) is 3.38. The fourth-order valence-electron chi connectivity index (χ4n) is 2.28. The molecular formula is C12H19FN4O. The average molecular weight is 254 g/mol. The Morgan fingerprint density at radius 1 is 1.50 bits per heavy atom. The van der Waals surface area contributed by atoms with Crippen molar-refractivity contribution >= 4 is 11.8 Å². The summed E-state index contributed by atoms with van der Waals surface area (Å²) < 4.78 is 19.0. The molecule has 0 amide bonds. The van der Waals surface area contributed by atoms with Crippen molar-refractivity contribution in [3.8, 4) is 0 Å². The van der Waals surface area contributed by atoms with Gasteiger partial charge in [0.05, 0.1) is 12.3 Å². The molecule has 1 heterocycles. The number of nitrogens with one attached hydrogen (secondary N) is 2. The van der Waals surface area contributed by atoms with E-state index < -0.39 is 5.82 Å². The molecule has 1 fully saturated rings. The van der Waals surface area contributed by atoms with Crippen LogP contribution in [-0.4, -0.2) is 36.3 Å². The van der Waals surface area contributed by atoms with E-state index >= 15 is 0 Å². The quantitative estimate of drug-likeness (QED) is 0.859. The zero-order valence-electron chi connectivity index (χ0n) is 11.1. The molecule has 2 N–H and O–H groups in total. The predicted octanol–water partition coefficient (Wildman–Crippen LogP) is 1.88. The lowest BCUT2D eigenvalue weighted by Crippen LogP contribution is -2.57. The van der Waals surface area contributed by atoms with Gasteiger partial charge in [0.25, 0.3) is 0 Å². The number of nitrogens with zero attached hydrogens (tertiary/aromatic N) is 2. The minimum Gasteiger partial charge on any atom is -0.381 e. The first-order valence-corrected chi connectivity index (χ1v) is 5.98. The van der Waals surface area contributed by atoms with E-state index in [1.807, 2.05) is 0 Å². The Balaban J connectivity index is 2.11. The van der Waals surface area contributed by atoms with E-state index in [9.17, 15) is 4.39 Å². The van der Waals surface area contributed by atoms with Crippen LogP contribution in [0.4, 0.5) is 16.2 Å². The Morgan fingerprint density at radius 3 is 2.78 bits per heavy atom. The molecule has 0 aliphatic heterocycles. The highest BCUT2D eigenvalue weighted by atomic mass is 19.1. The molecule has 2 unspecified atom stereocenters. The molecule has 100 valence electrons. The van der Waals surface area contributed by atoms with E-state index in [2.05, 4.69) is 34.4 Å². The molecule has 0 aromatic carbocycles. The topological polar surface area (TPSA) is 59.1 Å². The molecule has 1 aliphatic rings. The molecule has 1 aromatic heterocycles. The van der Waals surface area contributed by atoms with E-state index in [1.165, 1.54) is 6.20 Å². The van der Waals surface area contributed by atoms with Crippen LogP contribution in [0.25, 0.3) is 0 Å². The number of aromatic nitrogens is 2. The number of methoxy groups -OCH3 is 1. The maximum atomic E-state index is 13.6. The van der Waals surface area contributed by atoms with Crippen molar-refractivity contribution in [3.05, 3.63) is 12.0 Å². The fraction of sp³-hybridized carbons (Fsp3) is 0.667. The lowest BCUT2D eigenvalue weighted by molar-refractivity contribution is -0.0796. The van der Waals surface area contributed by atoms with Gasteiger partial charge in [-0.05, 0) is 6.42 Å². The Labute approximate surface area is 106 Å². The van der Waals surface area contributed by atoms with Gasteiger partial charge >= 0.3 is 0 Å². The molecule has 18 heavy (non-hydrogen) atoms. The molecular weight excluding hydrogens is 235 g/mol. The molecule has 0 saturated heterocycles. The summed E-state index contributed by atoms with van der Waals surface area (Å²) in [5.74, 6) is 0.201. The monoisotopic (exact) mass is 254 g/mol. The highest BCUT2D eigenvalue weighted by Gasteiger charge is 2.48. The molecule has 5 nitrogen and oxygen atoms in total. The molecule has 6 heteroatoms. The second-order valence-electron chi connectivity index (χ2n) is 5.12. The third kappa shape index (κ3) is 2.12. The smallest absolute Gasteiger partial charge is 0.224 e. The van der Waals surface area contributed by atoms with Gasteiger partial charge < -0.3 is 15.4 Å². The molecule has 0 bridgehead atoms. The van der Waals surface area contributed by atoms with Crippen molar-refractivity contribution in [3.63, 3.8) is 0 Å². The van der Waals surface area contributed by atoms with Crippen molar-refractivity contribution in [1.29, 1.82) is 0 Å². The van der Waals surface area contributed by atoms with Crippen molar-refractivity contribution in [2.45, 2.75) is 32.4 Å². The first kappa shape index (κ1) is 13.0. The summed E-state index contributed by atoms with van der Waals surface area (Å²) in [4.78, 5) is 7.89. The van der Waals surface area contributed by atoms with Crippen LogP contribution in [0.2, 0.25) is 0 Å². The number of hydrogen-bond donors (Lipinski definition) is 2. The highest BCUT2D eigenvalue weighted by molar-refractivity contribution is 5.43. The Bertz CT molecular complexity index is 438. The molecule has 2 rings (SSSR count). The number of hydrogen-bond acceptors (Lipinski definition) is 5. The van der Waals surface area contributed by atoms with Crippen molar-refractivity contribution < 1.29 is 9.13 Å². The van der Waals surface area contributed by atoms with Crippen LogP contribution in [0.5, 0.6) is 0 Å². The summed E-state index contributed by atoms with van der Waals surface area (Å²) >= 11 is 0. The second-order valence-corrected chi connectivity index (χ2v) is 5.12. The van der Waals surface area contributed by atoms with Gasteiger partial charge in [-0.25, -0.2) is 9.37 Å². The van der Waals surface area contributed by atoms with Gasteiger partial charge in [0.15, 0.2) is 11.6 Å². The minimum absolute atomic E-state index is 0.0358. The zero-order chi connectivity index (χ0) is 13.3. The summed E-state index contributed by atoms with van der Waals surface area (Å²) in [7, 11) is 3.40. The van der Waals surface area contributed by atoms with E-state index in [1.54, 1.807) is 14.2 Å². The van der Waals surface area contributed by atoms with Gasteiger partial charge in [-0.15, -0.1) is 0 Å². The predicted molar refractivity (Wildman–Crippen MR) is 68.1 cm³/mol. The summed E-state index contributed by atoms with van der Waals surface area (Å²) in [6.45, 7) is 4.20. The lowest BCUT2D eigenvalue weighted by atomic mass is 9.64. The molecule has 0 spiro atoms. The van der Waals surface area contributed by atoms with Crippen LogP contribution in [0, 0.1) is 11.2 Å². The Morgan fingerprint density at radius 2 is 2.22 bits per heavy atom. The normalized spacial score (nSPS) is 25.4. The molecule has 1 aromatic rings. The lowest BCUT2D eigenvalue weighted by Gasteiger charge is -2.51. The zero-order valence-corrected chi connectivity index (χ0v) is 11.1. The van der Waals surface area contributed by atoms with Crippen LogP contribution < -0.4 is 10.6 Å². The van der Waals surface area contributed by atoms with Gasteiger partial charge in [0, 0.05) is 25.6 Å². The summed E-state index contributed by atoms with van der Waals surface area (Å²) in [6.07, 6.45) is 2.21. The first-order valence-electron chi connectivity index (χ1n) is 5.98. The summed E-state index contributed by atoms with van der Waals surface area (Å²) in [5.41, 5.74) is -0.0358. The van der Waals surface area contributed by atoms with Gasteiger partial charge in [0.1, 0.15) is 0 Å². The van der Waals surface area contributed by atoms with Crippen molar-refractivity contribution in [2.24, 2.45) is 5.41 Å². The van der Waals surface area contributed by atoms with Crippen LogP contribution in [-0.2, 0) is 4.74 Å². The van der Waals surface area contributed by atoms with Gasteiger partial charge in [-0.3, -0.25) is 0 Å². The van der Waals surface area contributed by atoms with E-state index in [4.69, 9.17) is 4.74 Å². The average Bonchev–Trinajstić information content (AvgIpc) is 2.35. The fourth-order valence-corrected chi connectivity index (χ4v) is 2.28. The third-order valence-corrected chi connectivity index (χ3v) is 3.74. The highest BCUT2D eigenvalue weighted by Crippen LogP contribution is 2.44. The van der Waals surface area contributed by atoms with Crippen LogP contribution in [0.15, 0.2) is 6.20 Å². The van der Waals surface area contributed by atoms with E-state index in [0.717, 1.165) is 6.42 Å². The van der Waals surface area contributed by atoms with Gasteiger partial charge in [0.2, 0.25) is 5.95 Å². The van der Waals surface area contributed by atoms with Crippen molar-refractivity contribution in [2.75, 3.05) is 24.8 Å². The maximum absolute atomic E-state index is 13.6. The molecule has 2 atom stereocenters. The number of anilines is 2. The van der Waals surface area contributed by atoms with E-state index in [-0.39, 0.29) is 23.4 Å². The van der Waals surface area contributed by atoms with Crippen LogP contribution in [0.3, 0.4) is 0 Å². The SMILES string of the molecule is CNc1ncc(F)c(NC2CC(OC)C2(C)C)n1. The van der Waals surface area contributed by atoms with E-state index in [0.29, 0.717) is 5.95 Å². The standard InChI is InChI=1S/C12H19FN4O/c1-12(2)8(5-9(12)18-4)16-10-7(13)6-15-11(14-3)17-10/h6,8-9H,5H2,1-4H3,(H2,14,15,16,17). The van der Waals surface area contributed by atoms with Crippen LogP contribution >= 0.6 is 0 Å². The maximum Gasteiger partial charge on any atom is 0.224 e.